The van der Waals surface area contributed by atoms with Gasteiger partial charge in [-0.1, -0.05) is 6.42 Å². The summed E-state index contributed by atoms with van der Waals surface area (Å²) >= 11 is 7.08. The molecule has 0 radical (unpaired) electrons. The summed E-state index contributed by atoms with van der Waals surface area (Å²) in [5, 5.41) is 12.0. The minimum absolute atomic E-state index is 0.301. The molecule has 2 heterocycles. The number of methoxy groups -OCH3 is 1. The molecule has 140 valence electrons. The van der Waals surface area contributed by atoms with E-state index in [1.165, 1.54) is 18.4 Å². The van der Waals surface area contributed by atoms with E-state index in [-0.39, 0.29) is 5.97 Å². The molecular formula is C18H24N4O2S2. The van der Waals surface area contributed by atoms with Crippen LogP contribution < -0.4 is 10.6 Å². The average molecular weight is 393 g/mol. The Morgan fingerprint density at radius 1 is 1.35 bits per heavy atom. The molecule has 0 saturated heterocycles. The molecule has 0 aromatic carbocycles. The first-order valence-corrected chi connectivity index (χ1v) is 10.1. The lowest BCUT2D eigenvalue weighted by molar-refractivity contribution is 0.0601. The number of thiocarbonyl (C=S) groups is 1. The van der Waals surface area contributed by atoms with E-state index in [9.17, 15) is 4.79 Å². The molecule has 26 heavy (non-hydrogen) atoms. The highest BCUT2D eigenvalue weighted by Crippen LogP contribution is 2.38. The van der Waals surface area contributed by atoms with Crippen LogP contribution in [-0.2, 0) is 24.1 Å². The van der Waals surface area contributed by atoms with Crippen LogP contribution in [0.2, 0.25) is 0 Å². The fourth-order valence-corrected chi connectivity index (χ4v) is 4.77. The van der Waals surface area contributed by atoms with Gasteiger partial charge in [-0.3, -0.25) is 4.68 Å². The number of nitrogens with one attached hydrogen (secondary N) is 2. The molecule has 6 nitrogen and oxygen atoms in total. The summed E-state index contributed by atoms with van der Waals surface area (Å²) in [6.45, 7) is 4.77. The molecule has 0 spiro atoms. The number of esters is 1. The minimum atomic E-state index is -0.301. The molecule has 0 amide bonds. The van der Waals surface area contributed by atoms with E-state index in [2.05, 4.69) is 15.7 Å². The standard InChI is InChI=1S/C18H24N4O2S2/c1-4-22-10-13(11(2)21-22)19-18(25)20-16-15(17(23)24-3)12-8-6-5-7-9-14(12)26-16/h10H,4-9H2,1-3H3,(H2,19,20,25). The highest BCUT2D eigenvalue weighted by molar-refractivity contribution is 7.80. The number of carbonyl (C=O) groups excluding carboxylic acids is 1. The highest BCUT2D eigenvalue weighted by atomic mass is 32.1. The second kappa shape index (κ2) is 8.18. The molecule has 0 saturated carbocycles. The maximum Gasteiger partial charge on any atom is 0.341 e. The van der Waals surface area contributed by atoms with Crippen LogP contribution in [0, 0.1) is 6.92 Å². The van der Waals surface area contributed by atoms with Crippen LogP contribution in [-0.4, -0.2) is 28.0 Å². The van der Waals surface area contributed by atoms with Gasteiger partial charge in [0.05, 0.1) is 24.1 Å². The van der Waals surface area contributed by atoms with Crippen molar-refractivity contribution in [3.8, 4) is 0 Å². The Kier molecular flexibility index (Phi) is 5.93. The lowest BCUT2D eigenvalue weighted by Gasteiger charge is -2.10. The number of fused-ring (bicyclic) bond motifs is 1. The fourth-order valence-electron chi connectivity index (χ4n) is 3.21. The lowest BCUT2D eigenvalue weighted by Crippen LogP contribution is -2.20. The van der Waals surface area contributed by atoms with Crippen LogP contribution >= 0.6 is 23.6 Å². The molecule has 3 rings (SSSR count). The van der Waals surface area contributed by atoms with Crippen molar-refractivity contribution in [1.82, 2.24) is 9.78 Å². The Morgan fingerprint density at radius 2 is 2.12 bits per heavy atom. The van der Waals surface area contributed by atoms with Gasteiger partial charge in [0, 0.05) is 17.6 Å². The maximum atomic E-state index is 12.4. The third kappa shape index (κ3) is 3.91. The van der Waals surface area contributed by atoms with Gasteiger partial charge in [-0.15, -0.1) is 11.3 Å². The maximum absolute atomic E-state index is 12.4. The molecule has 2 N–H and O–H groups in total. The Bertz CT molecular complexity index is 826. The van der Waals surface area contributed by atoms with Crippen molar-refractivity contribution in [2.24, 2.45) is 0 Å². The summed E-state index contributed by atoms with van der Waals surface area (Å²) in [5.41, 5.74) is 3.51. The SMILES string of the molecule is CCn1cc(NC(=S)Nc2sc3c(c2C(=O)OC)CCCCC3)c(C)n1. The number of nitrogens with zero attached hydrogens (tertiary/aromatic N) is 2. The van der Waals surface area contributed by atoms with Gasteiger partial charge in [-0.2, -0.15) is 5.10 Å². The average Bonchev–Trinajstić information content (AvgIpc) is 3.05. The molecule has 2 aromatic rings. The Balaban J connectivity index is 1.83. The number of hydrogen-bond acceptors (Lipinski definition) is 5. The molecule has 0 fully saturated rings. The van der Waals surface area contributed by atoms with Crippen molar-refractivity contribution in [2.75, 3.05) is 17.7 Å². The third-order valence-electron chi connectivity index (χ3n) is 4.56. The monoisotopic (exact) mass is 392 g/mol. The number of anilines is 2. The topological polar surface area (TPSA) is 68.2 Å². The molecule has 0 aliphatic heterocycles. The van der Waals surface area contributed by atoms with Crippen LogP contribution in [0.1, 0.15) is 52.7 Å². The number of aromatic nitrogens is 2. The van der Waals surface area contributed by atoms with Crippen molar-refractivity contribution in [1.29, 1.82) is 0 Å². The summed E-state index contributed by atoms with van der Waals surface area (Å²) in [5.74, 6) is -0.301. The van der Waals surface area contributed by atoms with E-state index in [0.29, 0.717) is 10.7 Å². The van der Waals surface area contributed by atoms with Crippen molar-refractivity contribution < 1.29 is 9.53 Å². The largest absolute Gasteiger partial charge is 0.465 e. The second-order valence-corrected chi connectivity index (χ2v) is 7.84. The van der Waals surface area contributed by atoms with Crippen LogP contribution in [0.25, 0.3) is 0 Å². The van der Waals surface area contributed by atoms with Gasteiger partial charge in [0.2, 0.25) is 0 Å². The minimum Gasteiger partial charge on any atom is -0.465 e. The van der Waals surface area contributed by atoms with Crippen LogP contribution in [0.4, 0.5) is 10.7 Å². The number of hydrogen-bond donors (Lipinski definition) is 2. The zero-order chi connectivity index (χ0) is 18.7. The molecule has 0 bridgehead atoms. The van der Waals surface area contributed by atoms with E-state index in [4.69, 9.17) is 17.0 Å². The van der Waals surface area contributed by atoms with Crippen molar-refractivity contribution in [2.45, 2.75) is 52.5 Å². The summed E-state index contributed by atoms with van der Waals surface area (Å²) in [7, 11) is 1.42. The number of rotatable bonds is 4. The lowest BCUT2D eigenvalue weighted by atomic mass is 10.1. The number of carbonyl (C=O) groups is 1. The second-order valence-electron chi connectivity index (χ2n) is 6.32. The molecule has 8 heteroatoms. The van der Waals surface area contributed by atoms with E-state index in [1.54, 1.807) is 11.3 Å². The van der Waals surface area contributed by atoms with Crippen molar-refractivity contribution in [3.63, 3.8) is 0 Å². The first kappa shape index (κ1) is 18.8. The molecule has 1 aliphatic rings. The number of ether oxygens (including phenoxy) is 1. The van der Waals surface area contributed by atoms with Gasteiger partial charge < -0.3 is 15.4 Å². The molecule has 1 aliphatic carbocycles. The Labute approximate surface area is 162 Å². The smallest absolute Gasteiger partial charge is 0.341 e. The van der Waals surface area contributed by atoms with Gasteiger partial charge in [-0.25, -0.2) is 4.79 Å². The van der Waals surface area contributed by atoms with Crippen LogP contribution in [0.5, 0.6) is 0 Å². The van der Waals surface area contributed by atoms with Gasteiger partial charge in [0.15, 0.2) is 5.11 Å². The van der Waals surface area contributed by atoms with Gasteiger partial charge in [0.25, 0.3) is 0 Å². The van der Waals surface area contributed by atoms with E-state index in [1.807, 2.05) is 24.7 Å². The van der Waals surface area contributed by atoms with Crippen LogP contribution in [0.15, 0.2) is 6.20 Å². The summed E-state index contributed by atoms with van der Waals surface area (Å²) in [6.07, 6.45) is 7.31. The molecule has 0 unspecified atom stereocenters. The predicted octanol–water partition coefficient (Wildman–Crippen LogP) is 4.14. The third-order valence-corrected chi connectivity index (χ3v) is 5.97. The molecule has 0 atom stereocenters. The first-order chi connectivity index (χ1) is 12.5. The zero-order valence-electron chi connectivity index (χ0n) is 15.3. The summed E-state index contributed by atoms with van der Waals surface area (Å²) < 4.78 is 6.88. The van der Waals surface area contributed by atoms with Gasteiger partial charge in [0.1, 0.15) is 5.00 Å². The zero-order valence-corrected chi connectivity index (χ0v) is 17.0. The molecular weight excluding hydrogens is 368 g/mol. The normalized spacial score (nSPS) is 13.7. The number of thiophene rings is 1. The highest BCUT2D eigenvalue weighted by Gasteiger charge is 2.25. The van der Waals surface area contributed by atoms with E-state index in [0.717, 1.165) is 54.2 Å². The van der Waals surface area contributed by atoms with Crippen molar-refractivity contribution in [3.05, 3.63) is 27.9 Å². The Hall–Kier alpha value is -1.93. The van der Waals surface area contributed by atoms with Crippen LogP contribution in [0.3, 0.4) is 0 Å². The van der Waals surface area contributed by atoms with Crippen molar-refractivity contribution >= 4 is 45.3 Å². The summed E-state index contributed by atoms with van der Waals surface area (Å²) in [4.78, 5) is 13.6. The predicted molar refractivity (Wildman–Crippen MR) is 109 cm³/mol. The number of aryl methyl sites for hydroxylation is 3. The quantitative estimate of drug-likeness (QED) is 0.463. The molecule has 2 aromatic heterocycles. The van der Waals surface area contributed by atoms with Gasteiger partial charge in [-0.05, 0) is 57.3 Å². The summed E-state index contributed by atoms with van der Waals surface area (Å²) in [6, 6.07) is 0. The fraction of sp³-hybridized carbons (Fsp3) is 0.500. The van der Waals surface area contributed by atoms with E-state index < -0.39 is 0 Å². The Morgan fingerprint density at radius 3 is 2.81 bits per heavy atom. The van der Waals surface area contributed by atoms with E-state index >= 15 is 0 Å². The van der Waals surface area contributed by atoms with Gasteiger partial charge >= 0.3 is 5.97 Å². The first-order valence-electron chi connectivity index (χ1n) is 8.88.